The minimum absolute atomic E-state index is 0.0636. The molecule has 1 aromatic carbocycles. The molecule has 176 valence electrons. The van der Waals surface area contributed by atoms with Crippen molar-refractivity contribution in [1.82, 2.24) is 10.4 Å². The molecule has 3 atom stereocenters. The highest BCUT2D eigenvalue weighted by Crippen LogP contribution is 2.22. The molecular weight excluding hydrogens is 418 g/mol. The van der Waals surface area contributed by atoms with Crippen molar-refractivity contribution in [3.63, 3.8) is 0 Å². The van der Waals surface area contributed by atoms with Crippen molar-refractivity contribution in [3.05, 3.63) is 35.9 Å². The van der Waals surface area contributed by atoms with Crippen molar-refractivity contribution in [1.29, 1.82) is 0 Å². The lowest BCUT2D eigenvalue weighted by Crippen LogP contribution is -2.67. The van der Waals surface area contributed by atoms with Gasteiger partial charge in [-0.15, -0.1) is 0 Å². The fourth-order valence-electron chi connectivity index (χ4n) is 3.00. The zero-order valence-electron chi connectivity index (χ0n) is 18.5. The number of aliphatic hydroxyl groups excluding tert-OH is 1. The van der Waals surface area contributed by atoms with Gasteiger partial charge in [-0.3, -0.25) is 14.9 Å². The number of amides is 1. The summed E-state index contributed by atoms with van der Waals surface area (Å²) in [7, 11) is 0. The minimum atomic E-state index is -1.93. The van der Waals surface area contributed by atoms with Crippen LogP contribution >= 0.6 is 12.6 Å². The topological polar surface area (TPSA) is 125 Å². The summed E-state index contributed by atoms with van der Waals surface area (Å²) >= 11 is 4.13. The van der Waals surface area contributed by atoms with Crippen LogP contribution in [0.5, 0.6) is 0 Å². The van der Waals surface area contributed by atoms with Gasteiger partial charge >= 0.3 is 5.97 Å². The number of hydroxylamine groups is 2. The van der Waals surface area contributed by atoms with E-state index in [-0.39, 0.29) is 26.0 Å². The highest BCUT2D eigenvalue weighted by molar-refractivity contribution is 7.80. The van der Waals surface area contributed by atoms with Crippen LogP contribution < -0.4 is 11.1 Å². The monoisotopic (exact) mass is 455 g/mol. The van der Waals surface area contributed by atoms with Crippen LogP contribution in [0.15, 0.2) is 30.3 Å². The second kappa shape index (κ2) is 14.4. The van der Waals surface area contributed by atoms with E-state index in [1.54, 1.807) is 0 Å². The van der Waals surface area contributed by atoms with Gasteiger partial charge in [0.15, 0.2) is 0 Å². The predicted octanol–water partition coefficient (Wildman–Crippen LogP) is 1.83. The molecule has 0 aliphatic rings. The summed E-state index contributed by atoms with van der Waals surface area (Å²) in [4.78, 5) is 31.3. The minimum Gasteiger partial charge on any atom is -0.478 e. The number of aliphatic hydroxyl groups is 1. The number of carbonyl (C=O) groups is 2. The fraction of sp³-hybridized carbons (Fsp3) is 0.636. The van der Waals surface area contributed by atoms with Crippen molar-refractivity contribution in [2.75, 3.05) is 25.5 Å². The van der Waals surface area contributed by atoms with E-state index in [2.05, 4.69) is 31.8 Å². The zero-order valence-corrected chi connectivity index (χ0v) is 19.4. The molecule has 0 spiro atoms. The van der Waals surface area contributed by atoms with Gasteiger partial charge in [0.25, 0.3) is 0 Å². The summed E-state index contributed by atoms with van der Waals surface area (Å²) < 4.78 is 0. The summed E-state index contributed by atoms with van der Waals surface area (Å²) in [6.07, 6.45) is 1.87. The normalized spacial score (nSPS) is 15.1. The molecule has 9 heteroatoms. The van der Waals surface area contributed by atoms with Crippen LogP contribution in [-0.4, -0.2) is 64.4 Å². The second-order valence-corrected chi connectivity index (χ2v) is 8.14. The highest BCUT2D eigenvalue weighted by Gasteiger charge is 2.47. The molecule has 1 amide bonds. The number of benzene rings is 1. The van der Waals surface area contributed by atoms with E-state index >= 15 is 0 Å². The molecule has 0 bridgehead atoms. The Morgan fingerprint density at radius 1 is 1.32 bits per heavy atom. The number of aliphatic carboxylic acids is 1. The molecule has 31 heavy (non-hydrogen) atoms. The van der Waals surface area contributed by atoms with Crippen LogP contribution in [0.2, 0.25) is 0 Å². The number of aryl methyl sites for hydroxylation is 1. The Labute approximate surface area is 190 Å². The number of hydrogen-bond donors (Lipinski definition) is 5. The molecule has 0 saturated heterocycles. The van der Waals surface area contributed by atoms with Gasteiger partial charge in [0.2, 0.25) is 11.6 Å². The number of carboxylic acid groups (broad SMARTS) is 1. The summed E-state index contributed by atoms with van der Waals surface area (Å²) in [5.74, 6) is -1.09. The number of nitrogens with two attached hydrogens (primary N) is 1. The number of thiol groups is 1. The first-order valence-corrected chi connectivity index (χ1v) is 11.4. The predicted molar refractivity (Wildman–Crippen MR) is 124 cm³/mol. The molecule has 8 nitrogen and oxygen atoms in total. The van der Waals surface area contributed by atoms with E-state index in [4.69, 9.17) is 10.6 Å². The van der Waals surface area contributed by atoms with Gasteiger partial charge in [-0.2, -0.15) is 17.7 Å². The molecule has 5 N–H and O–H groups in total. The Morgan fingerprint density at radius 3 is 2.55 bits per heavy atom. The smallest absolute Gasteiger partial charge is 0.347 e. The van der Waals surface area contributed by atoms with E-state index in [0.29, 0.717) is 24.5 Å². The maximum atomic E-state index is 13.2. The maximum absolute atomic E-state index is 13.2. The van der Waals surface area contributed by atoms with Crippen molar-refractivity contribution in [2.45, 2.75) is 57.7 Å². The van der Waals surface area contributed by atoms with Gasteiger partial charge in [-0.25, -0.2) is 4.79 Å². The third kappa shape index (κ3) is 8.78. The number of carbonyl (C=O) groups excluding carboxylic acids is 1. The Bertz CT molecular complexity index is 664. The first-order chi connectivity index (χ1) is 14.8. The van der Waals surface area contributed by atoms with Gasteiger partial charge in [-0.05, 0) is 24.3 Å². The van der Waals surface area contributed by atoms with Crippen LogP contribution in [0.3, 0.4) is 0 Å². The molecule has 1 unspecified atom stereocenters. The van der Waals surface area contributed by atoms with Crippen LogP contribution in [0.4, 0.5) is 0 Å². The van der Waals surface area contributed by atoms with E-state index in [1.807, 2.05) is 30.3 Å². The number of nitrogens with one attached hydrogen (secondary N) is 1. The summed E-state index contributed by atoms with van der Waals surface area (Å²) in [5.41, 5.74) is 4.94. The van der Waals surface area contributed by atoms with Gasteiger partial charge in [-0.1, -0.05) is 50.6 Å². The Balaban J connectivity index is 3.12. The van der Waals surface area contributed by atoms with E-state index in [9.17, 15) is 19.8 Å². The fourth-order valence-corrected chi connectivity index (χ4v) is 3.13. The van der Waals surface area contributed by atoms with Gasteiger partial charge < -0.3 is 15.9 Å². The van der Waals surface area contributed by atoms with E-state index < -0.39 is 30.2 Å². The molecular formula is C22H37N3O5S. The van der Waals surface area contributed by atoms with E-state index in [0.717, 1.165) is 17.0 Å². The first-order valence-electron chi connectivity index (χ1n) is 10.8. The quantitative estimate of drug-likeness (QED) is 0.146. The lowest BCUT2D eigenvalue weighted by molar-refractivity contribution is -0.238. The van der Waals surface area contributed by atoms with Crippen molar-refractivity contribution in [2.24, 2.45) is 11.7 Å². The maximum Gasteiger partial charge on any atom is 0.347 e. The largest absolute Gasteiger partial charge is 0.478 e. The molecule has 0 heterocycles. The summed E-state index contributed by atoms with van der Waals surface area (Å²) in [6, 6.07) is 9.04. The third-order valence-corrected chi connectivity index (χ3v) is 5.76. The van der Waals surface area contributed by atoms with E-state index in [1.165, 1.54) is 0 Å². The average Bonchev–Trinajstić information content (AvgIpc) is 2.78. The Hall–Kier alpha value is -1.65. The lowest BCUT2D eigenvalue weighted by atomic mass is 10.0. The summed E-state index contributed by atoms with van der Waals surface area (Å²) in [5, 5.41) is 23.5. The van der Waals surface area contributed by atoms with Crippen molar-refractivity contribution in [3.8, 4) is 0 Å². The van der Waals surface area contributed by atoms with Crippen LogP contribution in [0, 0.1) is 5.92 Å². The standard InChI is InChI=1S/C22H37N3O5S/c1-3-17(2)11-14-30-25(20(27)10-9-18-7-5-4-6-8-18)22(12-13-26,21(28)29)24-15-19(23)16-31/h4-8,17,19,24,26,31H,3,9-16,23H2,1-2H3,(H,28,29)/t17-,19?,22-/m0/s1. The zero-order chi connectivity index (χ0) is 23.3. The summed E-state index contributed by atoms with van der Waals surface area (Å²) in [6.45, 7) is 3.95. The highest BCUT2D eigenvalue weighted by atomic mass is 32.1. The molecule has 0 saturated carbocycles. The molecule has 1 aromatic rings. The first kappa shape index (κ1) is 27.4. The number of hydrogen-bond acceptors (Lipinski definition) is 7. The molecule has 0 aliphatic heterocycles. The van der Waals surface area contributed by atoms with Crippen LogP contribution in [0.25, 0.3) is 0 Å². The molecule has 0 radical (unpaired) electrons. The SMILES string of the molecule is CC[C@H](C)CCON(C(=O)CCc1ccccc1)[C@](CCO)(NCC(N)CS)C(=O)O. The van der Waals surface area contributed by atoms with Crippen molar-refractivity contribution < 1.29 is 24.6 Å². The van der Waals surface area contributed by atoms with Crippen LogP contribution in [-0.2, 0) is 20.8 Å². The van der Waals surface area contributed by atoms with Gasteiger partial charge in [0, 0.05) is 37.8 Å². The van der Waals surface area contributed by atoms with Crippen molar-refractivity contribution >= 4 is 24.5 Å². The number of carboxylic acids is 1. The van der Waals surface area contributed by atoms with Crippen LogP contribution in [0.1, 0.15) is 45.1 Å². The molecule has 0 aromatic heterocycles. The Kier molecular flexibility index (Phi) is 12.7. The molecule has 0 fully saturated rings. The molecule has 0 aliphatic carbocycles. The lowest BCUT2D eigenvalue weighted by Gasteiger charge is -2.40. The molecule has 1 rings (SSSR count). The number of nitrogens with zero attached hydrogens (tertiary/aromatic N) is 1. The van der Waals surface area contributed by atoms with Gasteiger partial charge in [0.1, 0.15) is 0 Å². The third-order valence-electron chi connectivity index (χ3n) is 5.29. The van der Waals surface area contributed by atoms with Gasteiger partial charge in [0.05, 0.1) is 6.61 Å². The number of rotatable bonds is 16. The average molecular weight is 456 g/mol. The Morgan fingerprint density at radius 2 is 2.00 bits per heavy atom. The second-order valence-electron chi connectivity index (χ2n) is 7.77.